The number of tetrazole rings is 1. The van der Waals surface area contributed by atoms with Gasteiger partial charge in [0.05, 0.1) is 10.6 Å². The second-order valence-corrected chi connectivity index (χ2v) is 4.33. The first kappa shape index (κ1) is 12.5. The molecule has 0 aliphatic heterocycles. The molecule has 2 aromatic heterocycles. The summed E-state index contributed by atoms with van der Waals surface area (Å²) in [4.78, 5) is 3.96. The van der Waals surface area contributed by atoms with Crippen molar-refractivity contribution in [2.24, 2.45) is 0 Å². The smallest absolute Gasteiger partial charge is 0.190 e. The Morgan fingerprint density at radius 3 is 2.85 bits per heavy atom. The van der Waals surface area contributed by atoms with Gasteiger partial charge in [-0.1, -0.05) is 17.7 Å². The van der Waals surface area contributed by atoms with E-state index in [2.05, 4.69) is 20.5 Å². The first-order chi connectivity index (χ1) is 9.68. The van der Waals surface area contributed by atoms with Gasteiger partial charge in [0.1, 0.15) is 11.5 Å². The van der Waals surface area contributed by atoms with Gasteiger partial charge in [0.15, 0.2) is 11.6 Å². The van der Waals surface area contributed by atoms with Gasteiger partial charge < -0.3 is 5.73 Å². The lowest BCUT2D eigenvalue weighted by Gasteiger charge is -2.07. The van der Waals surface area contributed by atoms with Gasteiger partial charge in [-0.2, -0.15) is 4.68 Å². The van der Waals surface area contributed by atoms with Crippen molar-refractivity contribution in [3.8, 4) is 17.1 Å². The van der Waals surface area contributed by atoms with Crippen molar-refractivity contribution < 1.29 is 4.39 Å². The molecule has 20 heavy (non-hydrogen) atoms. The molecule has 8 heteroatoms. The summed E-state index contributed by atoms with van der Waals surface area (Å²) >= 11 is 5.77. The van der Waals surface area contributed by atoms with Gasteiger partial charge in [0.25, 0.3) is 0 Å². The fraction of sp³-hybridized carbons (Fsp3) is 0. The maximum atomic E-state index is 14.1. The molecule has 6 nitrogen and oxygen atoms in total. The Morgan fingerprint density at radius 2 is 2.05 bits per heavy atom. The van der Waals surface area contributed by atoms with Crippen LogP contribution in [0.25, 0.3) is 17.1 Å². The third-order valence-electron chi connectivity index (χ3n) is 2.71. The Labute approximate surface area is 118 Å². The molecule has 0 unspecified atom stereocenters. The quantitative estimate of drug-likeness (QED) is 0.781. The largest absolute Gasteiger partial charge is 0.383 e. The van der Waals surface area contributed by atoms with Crippen molar-refractivity contribution in [1.29, 1.82) is 0 Å². The molecule has 0 spiro atoms. The lowest BCUT2D eigenvalue weighted by Crippen LogP contribution is -2.04. The van der Waals surface area contributed by atoms with Crippen LogP contribution in [0.4, 0.5) is 10.2 Å². The number of rotatable bonds is 2. The van der Waals surface area contributed by atoms with E-state index in [1.165, 1.54) is 16.8 Å². The summed E-state index contributed by atoms with van der Waals surface area (Å²) in [5, 5.41) is 11.2. The van der Waals surface area contributed by atoms with Gasteiger partial charge in [-0.15, -0.1) is 5.10 Å². The number of nitrogen functional groups attached to an aromatic ring is 1. The van der Waals surface area contributed by atoms with Crippen LogP contribution in [0.3, 0.4) is 0 Å². The van der Waals surface area contributed by atoms with Crippen molar-refractivity contribution in [1.82, 2.24) is 25.2 Å². The number of pyridine rings is 1. The van der Waals surface area contributed by atoms with E-state index < -0.39 is 5.82 Å². The van der Waals surface area contributed by atoms with Gasteiger partial charge >= 0.3 is 0 Å². The summed E-state index contributed by atoms with van der Waals surface area (Å²) in [5.41, 5.74) is 6.44. The topological polar surface area (TPSA) is 82.5 Å². The fourth-order valence-electron chi connectivity index (χ4n) is 1.78. The molecule has 0 radical (unpaired) electrons. The van der Waals surface area contributed by atoms with Crippen molar-refractivity contribution in [3.63, 3.8) is 0 Å². The molecule has 0 aliphatic carbocycles. The first-order valence-corrected chi connectivity index (χ1v) is 6.00. The summed E-state index contributed by atoms with van der Waals surface area (Å²) in [5.74, 6) is -0.0621. The molecule has 0 amide bonds. The van der Waals surface area contributed by atoms with Crippen LogP contribution >= 0.6 is 11.6 Å². The van der Waals surface area contributed by atoms with Crippen LogP contribution in [0, 0.1) is 5.82 Å². The lowest BCUT2D eigenvalue weighted by atomic mass is 10.2. The van der Waals surface area contributed by atoms with E-state index in [9.17, 15) is 4.39 Å². The molecule has 0 atom stereocenters. The molecule has 0 saturated carbocycles. The second-order valence-electron chi connectivity index (χ2n) is 3.92. The number of hydrogen-bond acceptors (Lipinski definition) is 5. The van der Waals surface area contributed by atoms with Crippen molar-refractivity contribution in [2.75, 3.05) is 5.73 Å². The number of anilines is 1. The number of benzene rings is 1. The molecule has 2 N–H and O–H groups in total. The third-order valence-corrected chi connectivity index (χ3v) is 3.00. The van der Waals surface area contributed by atoms with Crippen LogP contribution in [-0.4, -0.2) is 25.2 Å². The van der Waals surface area contributed by atoms with Crippen LogP contribution in [0.15, 0.2) is 36.5 Å². The predicted octanol–water partition coefficient (Wildman–Crippen LogP) is 2.10. The molecule has 0 fully saturated rings. The van der Waals surface area contributed by atoms with E-state index in [0.717, 1.165) is 0 Å². The molecule has 0 aliphatic rings. The van der Waals surface area contributed by atoms with Gasteiger partial charge in [-0.3, -0.25) is 0 Å². The van der Waals surface area contributed by atoms with E-state index in [4.69, 9.17) is 17.3 Å². The highest BCUT2D eigenvalue weighted by atomic mass is 35.5. The fourth-order valence-corrected chi connectivity index (χ4v) is 1.95. The van der Waals surface area contributed by atoms with E-state index in [1.807, 2.05) is 0 Å². The van der Waals surface area contributed by atoms with Crippen LogP contribution in [0.5, 0.6) is 0 Å². The molecule has 3 aromatic rings. The highest BCUT2D eigenvalue weighted by molar-refractivity contribution is 6.30. The number of halogens is 2. The Bertz CT molecular complexity index is 772. The Kier molecular flexibility index (Phi) is 3.03. The average molecular weight is 291 g/mol. The Hall–Kier alpha value is -2.54. The zero-order chi connectivity index (χ0) is 14.1. The number of nitrogens with zero attached hydrogens (tertiary/aromatic N) is 5. The molecule has 2 heterocycles. The molecule has 0 saturated heterocycles. The standard InChI is InChI=1S/C12H8ClFN6/c13-8-4-1-5-9(10(8)14)20-12(17-18-19-20)7-3-2-6-16-11(7)15/h1-6H,(H2,15,16). The summed E-state index contributed by atoms with van der Waals surface area (Å²) in [6, 6.07) is 7.97. The van der Waals surface area contributed by atoms with E-state index in [-0.39, 0.29) is 22.4 Å². The Balaban J connectivity index is 2.21. The van der Waals surface area contributed by atoms with Gasteiger partial charge in [-0.25, -0.2) is 9.37 Å². The predicted molar refractivity (Wildman–Crippen MR) is 71.8 cm³/mol. The van der Waals surface area contributed by atoms with Crippen LogP contribution < -0.4 is 5.73 Å². The maximum Gasteiger partial charge on any atom is 0.190 e. The van der Waals surface area contributed by atoms with E-state index in [1.54, 1.807) is 24.4 Å². The van der Waals surface area contributed by atoms with Gasteiger partial charge in [-0.05, 0) is 34.7 Å². The first-order valence-electron chi connectivity index (χ1n) is 5.62. The van der Waals surface area contributed by atoms with E-state index >= 15 is 0 Å². The number of hydrogen-bond donors (Lipinski definition) is 1. The maximum absolute atomic E-state index is 14.1. The normalized spacial score (nSPS) is 10.7. The van der Waals surface area contributed by atoms with Crippen LogP contribution in [0.1, 0.15) is 0 Å². The molecule has 3 rings (SSSR count). The summed E-state index contributed by atoms with van der Waals surface area (Å²) in [6.45, 7) is 0. The minimum absolute atomic E-state index is 0.0110. The molecule has 0 bridgehead atoms. The summed E-state index contributed by atoms with van der Waals surface area (Å²) in [7, 11) is 0. The highest BCUT2D eigenvalue weighted by Gasteiger charge is 2.17. The minimum Gasteiger partial charge on any atom is -0.383 e. The van der Waals surface area contributed by atoms with Crippen LogP contribution in [0.2, 0.25) is 5.02 Å². The Morgan fingerprint density at radius 1 is 1.20 bits per heavy atom. The lowest BCUT2D eigenvalue weighted by molar-refractivity contribution is 0.608. The van der Waals surface area contributed by atoms with Gasteiger partial charge in [0, 0.05) is 6.20 Å². The highest BCUT2D eigenvalue weighted by Crippen LogP contribution is 2.26. The SMILES string of the molecule is Nc1ncccc1-c1nnnn1-c1cccc(Cl)c1F. The van der Waals surface area contributed by atoms with Gasteiger partial charge in [0.2, 0.25) is 0 Å². The van der Waals surface area contributed by atoms with Crippen LogP contribution in [-0.2, 0) is 0 Å². The average Bonchev–Trinajstić information content (AvgIpc) is 2.91. The molecular formula is C12H8ClFN6. The molecule has 100 valence electrons. The summed E-state index contributed by atoms with van der Waals surface area (Å²) in [6.07, 6.45) is 1.55. The molecule has 1 aromatic carbocycles. The molecular weight excluding hydrogens is 283 g/mol. The summed E-state index contributed by atoms with van der Waals surface area (Å²) < 4.78 is 15.3. The minimum atomic E-state index is -0.606. The second kappa shape index (κ2) is 4.86. The zero-order valence-corrected chi connectivity index (χ0v) is 10.8. The van der Waals surface area contributed by atoms with Crippen molar-refractivity contribution in [3.05, 3.63) is 47.4 Å². The zero-order valence-electron chi connectivity index (χ0n) is 10.0. The third kappa shape index (κ3) is 1.97. The van der Waals surface area contributed by atoms with Crippen molar-refractivity contribution in [2.45, 2.75) is 0 Å². The van der Waals surface area contributed by atoms with Crippen molar-refractivity contribution >= 4 is 17.4 Å². The number of nitrogens with two attached hydrogens (primary N) is 1. The number of aromatic nitrogens is 5. The monoisotopic (exact) mass is 290 g/mol. The van der Waals surface area contributed by atoms with E-state index in [0.29, 0.717) is 5.56 Å².